The number of hydrogen-bond acceptors (Lipinski definition) is 4. The van der Waals surface area contributed by atoms with Crippen LogP contribution < -0.4 is 5.32 Å². The summed E-state index contributed by atoms with van der Waals surface area (Å²) < 4.78 is 4.58. The molecule has 0 aromatic carbocycles. The average Bonchev–Trinajstić information content (AvgIpc) is 2.15. The number of esters is 1. The van der Waals surface area contributed by atoms with E-state index >= 15 is 0 Å². The number of fused-ring (bicyclic) bond motifs is 1. The van der Waals surface area contributed by atoms with Crippen LogP contribution in [0.15, 0.2) is 0 Å². The topological polar surface area (TPSA) is 58.6 Å². The molecule has 13 heavy (non-hydrogen) atoms. The van der Waals surface area contributed by atoms with Gasteiger partial charge in [0.05, 0.1) is 12.1 Å². The molecule has 0 spiro atoms. The van der Waals surface area contributed by atoms with E-state index in [0.29, 0.717) is 0 Å². The van der Waals surface area contributed by atoms with E-state index in [1.165, 1.54) is 4.90 Å². The number of amides is 1. The number of hydrogen-bond donors (Lipinski definition) is 1. The van der Waals surface area contributed by atoms with Crippen LogP contribution in [-0.2, 0) is 9.53 Å². The van der Waals surface area contributed by atoms with Gasteiger partial charge in [-0.25, -0.2) is 4.79 Å². The van der Waals surface area contributed by atoms with Crippen molar-refractivity contribution in [2.45, 2.75) is 19.0 Å². The monoisotopic (exact) mass is 184 g/mol. The first-order valence-corrected chi connectivity index (χ1v) is 4.42. The van der Waals surface area contributed by atoms with Crippen molar-refractivity contribution in [3.8, 4) is 0 Å². The summed E-state index contributed by atoms with van der Waals surface area (Å²) in [6, 6.07) is 0. The van der Waals surface area contributed by atoms with Gasteiger partial charge in [0.2, 0.25) is 0 Å². The number of nitrogens with zero attached hydrogens (tertiary/aromatic N) is 1. The number of rotatable bonds is 0. The van der Waals surface area contributed by atoms with Crippen molar-refractivity contribution in [3.05, 3.63) is 0 Å². The molecule has 2 saturated heterocycles. The number of carbonyl (C=O) groups excluding carboxylic acids is 2. The standard InChI is InChI=1S/C8H12N2O3/c1-10-6-5(3-2-4-9-6)7(11)13-8(10)12/h5-6,9H,2-4H2,1H3. The highest BCUT2D eigenvalue weighted by Crippen LogP contribution is 2.24. The van der Waals surface area contributed by atoms with E-state index in [9.17, 15) is 9.59 Å². The van der Waals surface area contributed by atoms with E-state index in [0.717, 1.165) is 19.4 Å². The summed E-state index contributed by atoms with van der Waals surface area (Å²) in [6.45, 7) is 0.853. The second kappa shape index (κ2) is 2.99. The SMILES string of the molecule is CN1C(=O)OC(=O)C2CCCNC21. The fourth-order valence-electron chi connectivity index (χ4n) is 1.87. The van der Waals surface area contributed by atoms with Crippen molar-refractivity contribution < 1.29 is 14.3 Å². The molecule has 0 aromatic heterocycles. The van der Waals surface area contributed by atoms with E-state index in [4.69, 9.17) is 0 Å². The summed E-state index contributed by atoms with van der Waals surface area (Å²) in [6.07, 6.45) is 1.04. The normalized spacial score (nSPS) is 34.1. The van der Waals surface area contributed by atoms with Crippen LogP contribution in [-0.4, -0.2) is 36.7 Å². The minimum atomic E-state index is -0.555. The molecule has 72 valence electrons. The van der Waals surface area contributed by atoms with Crippen LogP contribution >= 0.6 is 0 Å². The molecule has 5 nitrogen and oxygen atoms in total. The zero-order valence-electron chi connectivity index (χ0n) is 7.45. The lowest BCUT2D eigenvalue weighted by atomic mass is 9.94. The number of nitrogens with one attached hydrogen (secondary N) is 1. The maximum atomic E-state index is 11.3. The zero-order valence-corrected chi connectivity index (χ0v) is 7.45. The van der Waals surface area contributed by atoms with Crippen LogP contribution in [0.1, 0.15) is 12.8 Å². The van der Waals surface area contributed by atoms with Gasteiger partial charge < -0.3 is 4.74 Å². The Morgan fingerprint density at radius 2 is 2.31 bits per heavy atom. The molecule has 2 fully saturated rings. The highest BCUT2D eigenvalue weighted by Gasteiger charge is 2.42. The summed E-state index contributed by atoms with van der Waals surface area (Å²) in [7, 11) is 1.64. The molecule has 2 aliphatic heterocycles. The van der Waals surface area contributed by atoms with Crippen LogP contribution in [0, 0.1) is 5.92 Å². The Balaban J connectivity index is 2.19. The third-order valence-corrected chi connectivity index (χ3v) is 2.62. The fraction of sp³-hybridized carbons (Fsp3) is 0.750. The second-order valence-electron chi connectivity index (χ2n) is 3.45. The summed E-state index contributed by atoms with van der Waals surface area (Å²) in [5.41, 5.74) is 0. The first-order chi connectivity index (χ1) is 6.20. The lowest BCUT2D eigenvalue weighted by Crippen LogP contribution is -2.60. The quantitative estimate of drug-likeness (QED) is 0.422. The lowest BCUT2D eigenvalue weighted by molar-refractivity contribution is -0.152. The van der Waals surface area contributed by atoms with Gasteiger partial charge in [0.15, 0.2) is 0 Å². The Bertz CT molecular complexity index is 254. The van der Waals surface area contributed by atoms with Crippen molar-refractivity contribution >= 4 is 12.1 Å². The number of carbonyl (C=O) groups is 2. The second-order valence-corrected chi connectivity index (χ2v) is 3.45. The van der Waals surface area contributed by atoms with E-state index < -0.39 is 6.09 Å². The molecule has 1 amide bonds. The highest BCUT2D eigenvalue weighted by molar-refractivity contribution is 5.89. The molecule has 0 bridgehead atoms. The molecule has 5 heteroatoms. The molecule has 0 aromatic rings. The van der Waals surface area contributed by atoms with Gasteiger partial charge in [-0.15, -0.1) is 0 Å². The van der Waals surface area contributed by atoms with Crippen molar-refractivity contribution in [1.29, 1.82) is 0 Å². The molecular weight excluding hydrogens is 172 g/mol. The summed E-state index contributed by atoms with van der Waals surface area (Å²) in [5, 5.41) is 3.14. The Morgan fingerprint density at radius 3 is 3.08 bits per heavy atom. The van der Waals surface area contributed by atoms with Crippen molar-refractivity contribution in [2.75, 3.05) is 13.6 Å². The third kappa shape index (κ3) is 1.29. The number of cyclic esters (lactones) is 2. The van der Waals surface area contributed by atoms with Gasteiger partial charge in [-0.1, -0.05) is 0 Å². The van der Waals surface area contributed by atoms with Crippen LogP contribution in [0.3, 0.4) is 0 Å². The van der Waals surface area contributed by atoms with Gasteiger partial charge in [-0.3, -0.25) is 15.0 Å². The summed E-state index contributed by atoms with van der Waals surface area (Å²) in [5.74, 6) is -0.572. The average molecular weight is 184 g/mol. The predicted molar refractivity (Wildman–Crippen MR) is 43.8 cm³/mol. The first-order valence-electron chi connectivity index (χ1n) is 4.42. The molecular formula is C8H12N2O3. The van der Waals surface area contributed by atoms with E-state index in [-0.39, 0.29) is 18.1 Å². The van der Waals surface area contributed by atoms with E-state index in [2.05, 4.69) is 10.1 Å². The van der Waals surface area contributed by atoms with E-state index in [1.807, 2.05) is 0 Å². The maximum absolute atomic E-state index is 11.3. The summed E-state index contributed by atoms with van der Waals surface area (Å²) in [4.78, 5) is 23.8. The molecule has 2 atom stereocenters. The van der Waals surface area contributed by atoms with Crippen molar-refractivity contribution in [1.82, 2.24) is 10.2 Å². The molecule has 0 aliphatic carbocycles. The van der Waals surface area contributed by atoms with Gasteiger partial charge in [0.25, 0.3) is 0 Å². The Kier molecular flexibility index (Phi) is 1.95. The minimum absolute atomic E-state index is 0.164. The van der Waals surface area contributed by atoms with Crippen molar-refractivity contribution in [2.24, 2.45) is 5.92 Å². The third-order valence-electron chi connectivity index (χ3n) is 2.62. The molecule has 2 unspecified atom stereocenters. The first kappa shape index (κ1) is 8.50. The fourth-order valence-corrected chi connectivity index (χ4v) is 1.87. The molecule has 0 saturated carbocycles. The van der Waals surface area contributed by atoms with E-state index in [1.54, 1.807) is 7.05 Å². The van der Waals surface area contributed by atoms with Gasteiger partial charge in [-0.05, 0) is 19.4 Å². The van der Waals surface area contributed by atoms with Crippen LogP contribution in [0.25, 0.3) is 0 Å². The molecule has 0 radical (unpaired) electrons. The van der Waals surface area contributed by atoms with Crippen LogP contribution in [0.4, 0.5) is 4.79 Å². The number of ether oxygens (including phenoxy) is 1. The summed E-state index contributed by atoms with van der Waals surface area (Å²) >= 11 is 0. The van der Waals surface area contributed by atoms with Crippen molar-refractivity contribution in [3.63, 3.8) is 0 Å². The molecule has 1 N–H and O–H groups in total. The number of piperidine rings is 1. The largest absolute Gasteiger partial charge is 0.418 e. The van der Waals surface area contributed by atoms with Gasteiger partial charge in [-0.2, -0.15) is 0 Å². The zero-order chi connectivity index (χ0) is 9.42. The smallest absolute Gasteiger partial charge is 0.376 e. The highest BCUT2D eigenvalue weighted by atomic mass is 16.6. The van der Waals surface area contributed by atoms with Gasteiger partial charge in [0, 0.05) is 7.05 Å². The Labute approximate surface area is 76.0 Å². The van der Waals surface area contributed by atoms with Gasteiger partial charge >= 0.3 is 12.1 Å². The Morgan fingerprint density at radius 1 is 1.54 bits per heavy atom. The molecule has 2 aliphatic rings. The Hall–Kier alpha value is -1.10. The molecule has 2 heterocycles. The minimum Gasteiger partial charge on any atom is -0.376 e. The van der Waals surface area contributed by atoms with Crippen LogP contribution in [0.5, 0.6) is 0 Å². The van der Waals surface area contributed by atoms with Crippen LogP contribution in [0.2, 0.25) is 0 Å². The predicted octanol–water partition coefficient (Wildman–Crippen LogP) is -0.0793. The maximum Gasteiger partial charge on any atom is 0.418 e. The van der Waals surface area contributed by atoms with Gasteiger partial charge in [0.1, 0.15) is 0 Å². The lowest BCUT2D eigenvalue weighted by Gasteiger charge is -2.39. The molecule has 2 rings (SSSR count).